The molecule has 2 unspecified atom stereocenters. The highest BCUT2D eigenvalue weighted by molar-refractivity contribution is 7.86. The summed E-state index contributed by atoms with van der Waals surface area (Å²) in [5.41, 5.74) is 0. The maximum Gasteiger partial charge on any atom is 0.281 e. The van der Waals surface area contributed by atoms with Crippen LogP contribution >= 0.6 is 0 Å². The summed E-state index contributed by atoms with van der Waals surface area (Å²) in [5.74, 6) is 0.512. The minimum atomic E-state index is -3.26. The van der Waals surface area contributed by atoms with Gasteiger partial charge in [0.15, 0.2) is 0 Å². The molecule has 2 aliphatic heterocycles. The normalized spacial score (nSPS) is 33.5. The largest absolute Gasteiger partial charge is 0.314 e. The van der Waals surface area contributed by atoms with Crippen LogP contribution in [0, 0.1) is 5.92 Å². The number of hydrogen-bond acceptors (Lipinski definition) is 3. The van der Waals surface area contributed by atoms with Crippen molar-refractivity contribution in [2.45, 2.75) is 57.0 Å². The molecule has 0 aromatic rings. The highest BCUT2D eigenvalue weighted by Crippen LogP contribution is 2.29. The van der Waals surface area contributed by atoms with Crippen molar-refractivity contribution in [3.8, 4) is 0 Å². The minimum Gasteiger partial charge on any atom is -0.314 e. The van der Waals surface area contributed by atoms with E-state index in [1.807, 2.05) is 0 Å². The van der Waals surface area contributed by atoms with Gasteiger partial charge in [-0.3, -0.25) is 0 Å². The van der Waals surface area contributed by atoms with E-state index in [1.165, 1.54) is 19.3 Å². The number of nitrogens with one attached hydrogen (secondary N) is 1. The third kappa shape index (κ3) is 2.75. The predicted octanol–water partition coefficient (Wildman–Crippen LogP) is 1.18. The lowest BCUT2D eigenvalue weighted by Gasteiger charge is -2.39. The van der Waals surface area contributed by atoms with E-state index in [-0.39, 0.29) is 6.04 Å². The highest BCUT2D eigenvalue weighted by atomic mass is 32.2. The Balaban J connectivity index is 1.67. The molecule has 1 aliphatic carbocycles. The smallest absolute Gasteiger partial charge is 0.281 e. The van der Waals surface area contributed by atoms with Gasteiger partial charge in [0.05, 0.1) is 0 Å². The molecule has 2 heterocycles. The van der Waals surface area contributed by atoms with Crippen LogP contribution in [-0.2, 0) is 10.2 Å². The van der Waals surface area contributed by atoms with Crippen molar-refractivity contribution in [2.24, 2.45) is 5.92 Å². The Labute approximate surface area is 122 Å². The quantitative estimate of drug-likeness (QED) is 0.851. The zero-order chi connectivity index (χ0) is 14.2. The second-order valence-electron chi connectivity index (χ2n) is 6.57. The molecule has 6 heteroatoms. The number of hydrogen-bond donors (Lipinski definition) is 1. The van der Waals surface area contributed by atoms with Gasteiger partial charge in [-0.1, -0.05) is 19.3 Å². The van der Waals surface area contributed by atoms with Crippen LogP contribution in [0.15, 0.2) is 0 Å². The number of piperidine rings is 1. The van der Waals surface area contributed by atoms with E-state index in [0.29, 0.717) is 25.0 Å². The molecule has 0 spiro atoms. The van der Waals surface area contributed by atoms with Crippen molar-refractivity contribution in [3.05, 3.63) is 0 Å². The van der Waals surface area contributed by atoms with Gasteiger partial charge >= 0.3 is 0 Å². The van der Waals surface area contributed by atoms with Crippen molar-refractivity contribution in [1.82, 2.24) is 13.9 Å². The second kappa shape index (κ2) is 5.91. The SMILES string of the molecule is CN(C1CCCCC1)S(=O)(=O)N1CCC2NCCC2C1. The molecule has 0 amide bonds. The molecule has 0 aromatic heterocycles. The molecular formula is C14H27N3O2S. The summed E-state index contributed by atoms with van der Waals surface area (Å²) in [6.45, 7) is 2.42. The summed E-state index contributed by atoms with van der Waals surface area (Å²) in [4.78, 5) is 0. The lowest BCUT2D eigenvalue weighted by molar-refractivity contribution is 0.215. The van der Waals surface area contributed by atoms with Crippen molar-refractivity contribution in [2.75, 3.05) is 26.7 Å². The molecule has 1 N–H and O–H groups in total. The van der Waals surface area contributed by atoms with Gasteiger partial charge in [-0.2, -0.15) is 17.0 Å². The average molecular weight is 301 g/mol. The number of fused-ring (bicyclic) bond motifs is 1. The fraction of sp³-hybridized carbons (Fsp3) is 1.00. The Morgan fingerprint density at radius 3 is 2.60 bits per heavy atom. The summed E-state index contributed by atoms with van der Waals surface area (Å²) in [7, 11) is -1.48. The predicted molar refractivity (Wildman–Crippen MR) is 79.6 cm³/mol. The van der Waals surface area contributed by atoms with Crippen LogP contribution in [0.1, 0.15) is 44.9 Å². The molecule has 1 saturated carbocycles. The van der Waals surface area contributed by atoms with Gasteiger partial charge < -0.3 is 5.32 Å². The molecule has 3 aliphatic rings. The van der Waals surface area contributed by atoms with Crippen molar-refractivity contribution in [3.63, 3.8) is 0 Å². The Morgan fingerprint density at radius 2 is 1.85 bits per heavy atom. The van der Waals surface area contributed by atoms with Gasteiger partial charge in [-0.15, -0.1) is 0 Å². The summed E-state index contributed by atoms with van der Waals surface area (Å²) in [5, 5.41) is 3.49. The topological polar surface area (TPSA) is 52.7 Å². The van der Waals surface area contributed by atoms with Crippen LogP contribution in [0.5, 0.6) is 0 Å². The first-order chi connectivity index (χ1) is 9.59. The maximum absolute atomic E-state index is 12.8. The average Bonchev–Trinajstić information content (AvgIpc) is 2.94. The van der Waals surface area contributed by atoms with E-state index in [2.05, 4.69) is 5.32 Å². The molecule has 0 aromatic carbocycles. The van der Waals surface area contributed by atoms with Gasteiger partial charge in [-0.25, -0.2) is 0 Å². The van der Waals surface area contributed by atoms with Crippen molar-refractivity contribution in [1.29, 1.82) is 0 Å². The van der Waals surface area contributed by atoms with Gasteiger partial charge in [0, 0.05) is 32.2 Å². The van der Waals surface area contributed by atoms with E-state index >= 15 is 0 Å². The molecule has 2 saturated heterocycles. The Kier molecular flexibility index (Phi) is 4.36. The van der Waals surface area contributed by atoms with E-state index in [1.54, 1.807) is 15.7 Å². The van der Waals surface area contributed by atoms with Crippen LogP contribution in [-0.4, -0.2) is 55.8 Å². The summed E-state index contributed by atoms with van der Waals surface area (Å²) >= 11 is 0. The second-order valence-corrected chi connectivity index (χ2v) is 8.56. The molecule has 5 nitrogen and oxygen atoms in total. The molecule has 116 valence electrons. The van der Waals surface area contributed by atoms with Crippen molar-refractivity contribution >= 4 is 10.2 Å². The minimum absolute atomic E-state index is 0.216. The molecule has 20 heavy (non-hydrogen) atoms. The standard InChI is InChI=1S/C14H27N3O2S/c1-16(13-5-3-2-4-6-13)20(18,19)17-10-8-14-12(11-17)7-9-15-14/h12-15H,2-11H2,1H3. The summed E-state index contributed by atoms with van der Waals surface area (Å²) in [6.07, 6.45) is 7.71. The van der Waals surface area contributed by atoms with Crippen molar-refractivity contribution < 1.29 is 8.42 Å². The Bertz CT molecular complexity index is 434. The maximum atomic E-state index is 12.8. The zero-order valence-corrected chi connectivity index (χ0v) is 13.2. The van der Waals surface area contributed by atoms with Gasteiger partial charge in [-0.05, 0) is 38.1 Å². The third-order valence-electron chi connectivity index (χ3n) is 5.40. The Hall–Kier alpha value is -0.170. The van der Waals surface area contributed by atoms with E-state index < -0.39 is 10.2 Å². The first kappa shape index (κ1) is 14.8. The summed E-state index contributed by atoms with van der Waals surface area (Å²) in [6, 6.07) is 0.759. The number of rotatable bonds is 3. The first-order valence-electron chi connectivity index (χ1n) is 8.05. The van der Waals surface area contributed by atoms with Crippen LogP contribution in [0.25, 0.3) is 0 Å². The number of nitrogens with zero attached hydrogens (tertiary/aromatic N) is 2. The van der Waals surface area contributed by atoms with E-state index in [4.69, 9.17) is 0 Å². The molecule has 0 radical (unpaired) electrons. The zero-order valence-electron chi connectivity index (χ0n) is 12.4. The summed E-state index contributed by atoms with van der Waals surface area (Å²) < 4.78 is 29.0. The third-order valence-corrected chi connectivity index (χ3v) is 7.41. The Morgan fingerprint density at radius 1 is 1.10 bits per heavy atom. The highest BCUT2D eigenvalue weighted by Gasteiger charge is 2.40. The van der Waals surface area contributed by atoms with Gasteiger partial charge in [0.1, 0.15) is 0 Å². The fourth-order valence-corrected chi connectivity index (χ4v) is 5.71. The molecule has 0 bridgehead atoms. The van der Waals surface area contributed by atoms with Crippen LogP contribution in [0.3, 0.4) is 0 Å². The van der Waals surface area contributed by atoms with Gasteiger partial charge in [0.25, 0.3) is 10.2 Å². The lowest BCUT2D eigenvalue weighted by Crippen LogP contribution is -2.53. The van der Waals surface area contributed by atoms with E-state index in [9.17, 15) is 8.42 Å². The van der Waals surface area contributed by atoms with Crippen LogP contribution in [0.4, 0.5) is 0 Å². The van der Waals surface area contributed by atoms with Gasteiger partial charge in [0.2, 0.25) is 0 Å². The molecule has 2 atom stereocenters. The van der Waals surface area contributed by atoms with Crippen LogP contribution in [0.2, 0.25) is 0 Å². The monoisotopic (exact) mass is 301 g/mol. The molecular weight excluding hydrogens is 274 g/mol. The molecule has 3 rings (SSSR count). The molecule has 3 fully saturated rings. The van der Waals surface area contributed by atoms with E-state index in [0.717, 1.165) is 32.2 Å². The lowest BCUT2D eigenvalue weighted by atomic mass is 9.95. The van der Waals surface area contributed by atoms with Crippen LogP contribution < -0.4 is 5.32 Å². The fourth-order valence-electron chi connectivity index (χ4n) is 4.04. The first-order valence-corrected chi connectivity index (χ1v) is 9.45.